The maximum Gasteiger partial charge on any atom is 0.328 e. The highest BCUT2D eigenvalue weighted by molar-refractivity contribution is 5.95. The van der Waals surface area contributed by atoms with Gasteiger partial charge in [-0.3, -0.25) is 4.79 Å². The van der Waals surface area contributed by atoms with Crippen LogP contribution in [-0.4, -0.2) is 43.6 Å². The predicted molar refractivity (Wildman–Crippen MR) is 65.8 cm³/mol. The highest BCUT2D eigenvalue weighted by atomic mass is 16.4. The highest BCUT2D eigenvalue weighted by Gasteiger charge is 2.26. The molecule has 19 heavy (non-hydrogen) atoms. The van der Waals surface area contributed by atoms with Gasteiger partial charge in [-0.2, -0.15) is 0 Å². The molecule has 1 amide bonds. The lowest BCUT2D eigenvalue weighted by Gasteiger charge is -2.15. The minimum Gasteiger partial charge on any atom is -0.480 e. The number of aliphatic hydroxyl groups is 1. The molecule has 2 aromatic heterocycles. The molecule has 0 radical (unpaired) electrons. The molecule has 0 aliphatic heterocycles. The van der Waals surface area contributed by atoms with Crippen molar-refractivity contribution in [3.63, 3.8) is 0 Å². The zero-order valence-corrected chi connectivity index (χ0v) is 10.1. The van der Waals surface area contributed by atoms with Crippen LogP contribution in [0.4, 0.5) is 0 Å². The number of rotatable bonds is 4. The molecule has 2 unspecified atom stereocenters. The smallest absolute Gasteiger partial charge is 0.328 e. The van der Waals surface area contributed by atoms with E-state index in [-0.39, 0.29) is 5.69 Å². The van der Waals surface area contributed by atoms with E-state index in [0.29, 0.717) is 5.65 Å². The predicted octanol–water partition coefficient (Wildman–Crippen LogP) is -0.102. The molecular formula is C12H13N3O4. The number of carboxylic acids is 1. The molecule has 0 saturated carbocycles. The number of nitrogens with zero attached hydrogens (tertiary/aromatic N) is 2. The normalized spacial score (nSPS) is 14.0. The molecule has 2 aromatic rings. The number of carbonyl (C=O) groups excluding carboxylic acids is 1. The summed E-state index contributed by atoms with van der Waals surface area (Å²) in [6, 6.07) is 3.92. The van der Waals surface area contributed by atoms with Gasteiger partial charge in [0.2, 0.25) is 0 Å². The first-order valence-corrected chi connectivity index (χ1v) is 5.64. The van der Waals surface area contributed by atoms with Crippen LogP contribution >= 0.6 is 0 Å². The van der Waals surface area contributed by atoms with Crippen molar-refractivity contribution in [1.29, 1.82) is 0 Å². The average molecular weight is 263 g/mol. The molecule has 7 nitrogen and oxygen atoms in total. The quantitative estimate of drug-likeness (QED) is 0.714. The Bertz CT molecular complexity index is 587. The van der Waals surface area contributed by atoms with Gasteiger partial charge in [0.05, 0.1) is 6.10 Å². The topological polar surface area (TPSA) is 104 Å². The minimum absolute atomic E-state index is 0.0955. The summed E-state index contributed by atoms with van der Waals surface area (Å²) in [5, 5.41) is 20.4. The van der Waals surface area contributed by atoms with E-state index in [0.717, 1.165) is 0 Å². The largest absolute Gasteiger partial charge is 0.480 e. The fourth-order valence-electron chi connectivity index (χ4n) is 1.65. The molecule has 0 saturated heterocycles. The van der Waals surface area contributed by atoms with E-state index >= 15 is 0 Å². The second-order valence-electron chi connectivity index (χ2n) is 4.12. The first kappa shape index (κ1) is 13.0. The molecule has 0 aliphatic rings. The van der Waals surface area contributed by atoms with Crippen molar-refractivity contribution in [2.24, 2.45) is 0 Å². The number of amides is 1. The SMILES string of the molecule is CC(O)C(NC(=O)c1cn2ccccc2n1)C(=O)O. The number of fused-ring (bicyclic) bond motifs is 1. The molecular weight excluding hydrogens is 250 g/mol. The second kappa shape index (κ2) is 5.07. The van der Waals surface area contributed by atoms with E-state index in [1.165, 1.54) is 13.1 Å². The van der Waals surface area contributed by atoms with Gasteiger partial charge in [0.25, 0.3) is 5.91 Å². The fourth-order valence-corrected chi connectivity index (χ4v) is 1.65. The number of carbonyl (C=O) groups is 2. The lowest BCUT2D eigenvalue weighted by molar-refractivity contribution is -0.141. The average Bonchev–Trinajstić information content (AvgIpc) is 2.78. The van der Waals surface area contributed by atoms with Crippen molar-refractivity contribution in [1.82, 2.24) is 14.7 Å². The Morgan fingerprint density at radius 3 is 2.74 bits per heavy atom. The summed E-state index contributed by atoms with van der Waals surface area (Å²) in [6.07, 6.45) is 2.02. The summed E-state index contributed by atoms with van der Waals surface area (Å²) in [7, 11) is 0. The third-order valence-corrected chi connectivity index (χ3v) is 2.63. The lowest BCUT2D eigenvalue weighted by Crippen LogP contribution is -2.47. The molecule has 0 bridgehead atoms. The Kier molecular flexibility index (Phi) is 3.48. The number of hydrogen-bond acceptors (Lipinski definition) is 4. The van der Waals surface area contributed by atoms with Crippen LogP contribution < -0.4 is 5.32 Å². The van der Waals surface area contributed by atoms with Crippen LogP contribution in [0.2, 0.25) is 0 Å². The molecule has 0 fully saturated rings. The molecule has 0 spiro atoms. The van der Waals surface area contributed by atoms with Crippen molar-refractivity contribution in [3.8, 4) is 0 Å². The standard InChI is InChI=1S/C12H13N3O4/c1-7(16)10(12(18)19)14-11(17)8-6-15-5-3-2-4-9(15)13-8/h2-7,10,16H,1H3,(H,14,17)(H,18,19). The van der Waals surface area contributed by atoms with Crippen LogP contribution in [0.25, 0.3) is 5.65 Å². The summed E-state index contributed by atoms with van der Waals surface area (Å²) in [5.74, 6) is -1.94. The molecule has 0 aliphatic carbocycles. The minimum atomic E-state index is -1.36. The fraction of sp³-hybridized carbons (Fsp3) is 0.250. The summed E-state index contributed by atoms with van der Waals surface area (Å²) in [4.78, 5) is 26.8. The Balaban J connectivity index is 2.21. The number of hydrogen-bond donors (Lipinski definition) is 3. The van der Waals surface area contributed by atoms with Crippen LogP contribution in [0.1, 0.15) is 17.4 Å². The summed E-state index contributed by atoms with van der Waals surface area (Å²) in [6.45, 7) is 1.29. The van der Waals surface area contributed by atoms with E-state index < -0.39 is 24.0 Å². The van der Waals surface area contributed by atoms with Crippen molar-refractivity contribution in [3.05, 3.63) is 36.3 Å². The Morgan fingerprint density at radius 2 is 2.16 bits per heavy atom. The van der Waals surface area contributed by atoms with Crippen molar-refractivity contribution < 1.29 is 19.8 Å². The Hall–Kier alpha value is -2.41. The van der Waals surface area contributed by atoms with E-state index in [1.54, 1.807) is 28.8 Å². The maximum atomic E-state index is 11.9. The molecule has 2 rings (SSSR count). The summed E-state index contributed by atoms with van der Waals surface area (Å²) in [5.41, 5.74) is 0.676. The van der Waals surface area contributed by atoms with Gasteiger partial charge in [-0.1, -0.05) is 6.07 Å². The highest BCUT2D eigenvalue weighted by Crippen LogP contribution is 2.05. The van der Waals surface area contributed by atoms with Gasteiger partial charge in [0.1, 0.15) is 11.3 Å². The van der Waals surface area contributed by atoms with Crippen LogP contribution in [0, 0.1) is 0 Å². The van der Waals surface area contributed by atoms with Crippen LogP contribution in [0.3, 0.4) is 0 Å². The Labute approximate surface area is 108 Å². The van der Waals surface area contributed by atoms with E-state index in [4.69, 9.17) is 5.11 Å². The monoisotopic (exact) mass is 263 g/mol. The number of nitrogens with one attached hydrogen (secondary N) is 1. The number of pyridine rings is 1. The second-order valence-corrected chi connectivity index (χ2v) is 4.12. The molecule has 3 N–H and O–H groups in total. The van der Waals surface area contributed by atoms with Gasteiger partial charge in [0, 0.05) is 12.4 Å². The van der Waals surface area contributed by atoms with Crippen molar-refractivity contribution in [2.75, 3.05) is 0 Å². The zero-order chi connectivity index (χ0) is 14.0. The number of aliphatic carboxylic acids is 1. The number of aromatic nitrogens is 2. The van der Waals surface area contributed by atoms with Gasteiger partial charge in [-0.25, -0.2) is 9.78 Å². The van der Waals surface area contributed by atoms with E-state index in [2.05, 4.69) is 10.3 Å². The number of aliphatic hydroxyl groups excluding tert-OH is 1. The van der Waals surface area contributed by atoms with Crippen LogP contribution in [0.15, 0.2) is 30.6 Å². The van der Waals surface area contributed by atoms with Gasteiger partial charge < -0.3 is 19.9 Å². The molecule has 2 atom stereocenters. The van der Waals surface area contributed by atoms with Gasteiger partial charge >= 0.3 is 5.97 Å². The summed E-state index contributed by atoms with van der Waals surface area (Å²) >= 11 is 0. The number of imidazole rings is 1. The third kappa shape index (κ3) is 2.71. The summed E-state index contributed by atoms with van der Waals surface area (Å²) < 4.78 is 1.65. The first-order valence-electron chi connectivity index (χ1n) is 5.64. The van der Waals surface area contributed by atoms with Crippen LogP contribution in [-0.2, 0) is 4.79 Å². The van der Waals surface area contributed by atoms with Crippen molar-refractivity contribution >= 4 is 17.5 Å². The zero-order valence-electron chi connectivity index (χ0n) is 10.1. The van der Waals surface area contributed by atoms with Crippen LogP contribution in [0.5, 0.6) is 0 Å². The molecule has 7 heteroatoms. The molecule has 2 heterocycles. The lowest BCUT2D eigenvalue weighted by atomic mass is 10.2. The van der Waals surface area contributed by atoms with Gasteiger partial charge in [0.15, 0.2) is 6.04 Å². The molecule has 100 valence electrons. The van der Waals surface area contributed by atoms with E-state index in [9.17, 15) is 14.7 Å². The Morgan fingerprint density at radius 1 is 1.42 bits per heavy atom. The van der Waals surface area contributed by atoms with Gasteiger partial charge in [-0.05, 0) is 19.1 Å². The van der Waals surface area contributed by atoms with E-state index in [1.807, 2.05) is 0 Å². The third-order valence-electron chi connectivity index (χ3n) is 2.63. The maximum absolute atomic E-state index is 11.9. The number of carboxylic acid groups (broad SMARTS) is 1. The molecule has 0 aromatic carbocycles. The van der Waals surface area contributed by atoms with Gasteiger partial charge in [-0.15, -0.1) is 0 Å². The first-order chi connectivity index (χ1) is 8.99. The van der Waals surface area contributed by atoms with Crippen molar-refractivity contribution in [2.45, 2.75) is 19.1 Å².